The van der Waals surface area contributed by atoms with Crippen LogP contribution in [0, 0.1) is 0 Å². The van der Waals surface area contributed by atoms with Gasteiger partial charge in [-0.1, -0.05) is 0 Å². The molecule has 0 saturated carbocycles. The van der Waals surface area contributed by atoms with Gasteiger partial charge in [-0.05, 0) is 6.92 Å². The van der Waals surface area contributed by atoms with Crippen LogP contribution in [0.3, 0.4) is 0 Å². The maximum absolute atomic E-state index is 11.3. The van der Waals surface area contributed by atoms with Crippen molar-refractivity contribution in [2.24, 2.45) is 0 Å². The standard InChI is InChI=1S/C11H15N3O4/c1-4-18-10(15)7-14(2)9-6-12-5-8(13-9)11(16)17-3/h5-6H,4,7H2,1-3H3. The second-order valence-corrected chi connectivity index (χ2v) is 3.42. The smallest absolute Gasteiger partial charge is 0.358 e. The molecule has 18 heavy (non-hydrogen) atoms. The van der Waals surface area contributed by atoms with E-state index in [-0.39, 0.29) is 18.2 Å². The van der Waals surface area contributed by atoms with Crippen LogP contribution in [0.5, 0.6) is 0 Å². The predicted octanol–water partition coefficient (Wildman–Crippen LogP) is 0.262. The minimum absolute atomic E-state index is 0.0349. The SMILES string of the molecule is CCOC(=O)CN(C)c1cncc(C(=O)OC)n1. The summed E-state index contributed by atoms with van der Waals surface area (Å²) in [5.74, 6) is -0.551. The van der Waals surface area contributed by atoms with Crippen LogP contribution < -0.4 is 4.90 Å². The van der Waals surface area contributed by atoms with Gasteiger partial charge < -0.3 is 14.4 Å². The molecule has 1 aromatic heterocycles. The summed E-state index contributed by atoms with van der Waals surface area (Å²) >= 11 is 0. The van der Waals surface area contributed by atoms with Gasteiger partial charge in [0, 0.05) is 7.05 Å². The number of anilines is 1. The number of hydrogen-bond acceptors (Lipinski definition) is 7. The highest BCUT2D eigenvalue weighted by Crippen LogP contribution is 2.08. The third kappa shape index (κ3) is 3.69. The van der Waals surface area contributed by atoms with Crippen LogP contribution >= 0.6 is 0 Å². The fraction of sp³-hybridized carbons (Fsp3) is 0.455. The van der Waals surface area contributed by atoms with Crippen molar-refractivity contribution in [1.29, 1.82) is 0 Å². The summed E-state index contributed by atoms with van der Waals surface area (Å²) in [6.45, 7) is 2.09. The molecule has 0 amide bonds. The van der Waals surface area contributed by atoms with Crippen LogP contribution in [-0.4, -0.2) is 49.2 Å². The van der Waals surface area contributed by atoms with E-state index in [1.807, 2.05) is 0 Å². The molecule has 0 aliphatic rings. The van der Waals surface area contributed by atoms with Crippen LogP contribution in [0.2, 0.25) is 0 Å². The third-order valence-electron chi connectivity index (χ3n) is 2.08. The first-order valence-electron chi connectivity index (χ1n) is 5.35. The average Bonchev–Trinajstić information content (AvgIpc) is 2.38. The number of esters is 2. The quantitative estimate of drug-likeness (QED) is 0.696. The molecule has 0 spiro atoms. The van der Waals surface area contributed by atoms with Crippen LogP contribution in [0.1, 0.15) is 17.4 Å². The van der Waals surface area contributed by atoms with E-state index in [9.17, 15) is 9.59 Å². The summed E-state index contributed by atoms with van der Waals surface area (Å²) in [4.78, 5) is 32.0. The van der Waals surface area contributed by atoms with Crippen molar-refractivity contribution in [1.82, 2.24) is 9.97 Å². The van der Waals surface area contributed by atoms with E-state index < -0.39 is 5.97 Å². The Labute approximate surface area is 105 Å². The van der Waals surface area contributed by atoms with Crippen LogP contribution in [-0.2, 0) is 14.3 Å². The number of ether oxygens (including phenoxy) is 2. The molecule has 1 rings (SSSR count). The summed E-state index contributed by atoms with van der Waals surface area (Å²) in [5.41, 5.74) is 0.0886. The molecule has 0 unspecified atom stereocenters. The Morgan fingerprint density at radius 2 is 2.11 bits per heavy atom. The summed E-state index contributed by atoms with van der Waals surface area (Å²) in [5, 5.41) is 0. The van der Waals surface area contributed by atoms with E-state index in [0.717, 1.165) is 0 Å². The molecule has 1 aromatic rings. The minimum atomic E-state index is -0.575. The first-order valence-corrected chi connectivity index (χ1v) is 5.35. The van der Waals surface area contributed by atoms with E-state index in [2.05, 4.69) is 14.7 Å². The summed E-state index contributed by atoms with van der Waals surface area (Å²) in [6.07, 6.45) is 2.75. The summed E-state index contributed by atoms with van der Waals surface area (Å²) in [6, 6.07) is 0. The van der Waals surface area contributed by atoms with Gasteiger partial charge in [0.1, 0.15) is 12.4 Å². The molecule has 0 saturated heterocycles. The lowest BCUT2D eigenvalue weighted by atomic mass is 10.4. The van der Waals surface area contributed by atoms with Gasteiger partial charge in [0.05, 0.1) is 26.1 Å². The molecular formula is C11H15N3O4. The zero-order valence-electron chi connectivity index (χ0n) is 10.5. The molecule has 0 N–H and O–H groups in total. The van der Waals surface area contributed by atoms with Gasteiger partial charge in [0.2, 0.25) is 0 Å². The zero-order chi connectivity index (χ0) is 13.5. The molecule has 0 bridgehead atoms. The van der Waals surface area contributed by atoms with E-state index >= 15 is 0 Å². The van der Waals surface area contributed by atoms with E-state index in [1.165, 1.54) is 24.4 Å². The molecule has 0 aromatic carbocycles. The number of hydrogen-bond donors (Lipinski definition) is 0. The van der Waals surface area contributed by atoms with Gasteiger partial charge >= 0.3 is 11.9 Å². The maximum atomic E-state index is 11.3. The lowest BCUT2D eigenvalue weighted by Gasteiger charge is -2.16. The Morgan fingerprint density at radius 1 is 1.39 bits per heavy atom. The molecule has 7 nitrogen and oxygen atoms in total. The van der Waals surface area contributed by atoms with Gasteiger partial charge in [-0.15, -0.1) is 0 Å². The monoisotopic (exact) mass is 253 g/mol. The molecule has 0 radical (unpaired) electrons. The van der Waals surface area contributed by atoms with Crippen molar-refractivity contribution in [3.63, 3.8) is 0 Å². The van der Waals surface area contributed by atoms with Crippen molar-refractivity contribution in [2.75, 3.05) is 32.2 Å². The fourth-order valence-electron chi connectivity index (χ4n) is 1.22. The van der Waals surface area contributed by atoms with Gasteiger partial charge in [-0.25, -0.2) is 9.78 Å². The average molecular weight is 253 g/mol. The van der Waals surface area contributed by atoms with E-state index in [4.69, 9.17) is 4.74 Å². The minimum Gasteiger partial charge on any atom is -0.465 e. The van der Waals surface area contributed by atoms with E-state index in [1.54, 1.807) is 14.0 Å². The zero-order valence-corrected chi connectivity index (χ0v) is 10.5. The Kier molecular flexibility index (Phi) is 5.04. The number of methoxy groups -OCH3 is 1. The normalized spacial score (nSPS) is 9.72. The first kappa shape index (κ1) is 13.9. The van der Waals surface area contributed by atoms with Crippen LogP contribution in [0.15, 0.2) is 12.4 Å². The highest BCUT2D eigenvalue weighted by atomic mass is 16.5. The van der Waals surface area contributed by atoms with E-state index in [0.29, 0.717) is 12.4 Å². The van der Waals surface area contributed by atoms with Crippen LogP contribution in [0.25, 0.3) is 0 Å². The molecule has 98 valence electrons. The predicted molar refractivity (Wildman–Crippen MR) is 63.3 cm³/mol. The molecule has 0 aliphatic carbocycles. The van der Waals surface area contributed by atoms with Gasteiger partial charge in [0.25, 0.3) is 0 Å². The summed E-state index contributed by atoms with van der Waals surface area (Å²) < 4.78 is 9.35. The van der Waals surface area contributed by atoms with Crippen molar-refractivity contribution < 1.29 is 19.1 Å². The number of carbonyl (C=O) groups is 2. The number of likely N-dealkylation sites (N-methyl/N-ethyl adjacent to an activating group) is 1. The van der Waals surface area contributed by atoms with Gasteiger partial charge in [-0.3, -0.25) is 9.78 Å². The first-order chi connectivity index (χ1) is 8.58. The molecule has 0 fully saturated rings. The van der Waals surface area contributed by atoms with Gasteiger partial charge in [0.15, 0.2) is 5.69 Å². The summed E-state index contributed by atoms with van der Waals surface area (Å²) in [7, 11) is 2.92. The molecule has 7 heteroatoms. The highest BCUT2D eigenvalue weighted by Gasteiger charge is 2.13. The second kappa shape index (κ2) is 6.53. The third-order valence-corrected chi connectivity index (χ3v) is 2.08. The maximum Gasteiger partial charge on any atom is 0.358 e. The number of aromatic nitrogens is 2. The largest absolute Gasteiger partial charge is 0.465 e. The van der Waals surface area contributed by atoms with Crippen molar-refractivity contribution in [3.05, 3.63) is 18.1 Å². The number of carbonyl (C=O) groups excluding carboxylic acids is 2. The second-order valence-electron chi connectivity index (χ2n) is 3.42. The van der Waals surface area contributed by atoms with Crippen LogP contribution in [0.4, 0.5) is 5.82 Å². The molecule has 1 heterocycles. The Morgan fingerprint density at radius 3 is 2.72 bits per heavy atom. The molecule has 0 atom stereocenters. The molecule has 0 aliphatic heterocycles. The molecular weight excluding hydrogens is 238 g/mol. The lowest BCUT2D eigenvalue weighted by Crippen LogP contribution is -2.28. The van der Waals surface area contributed by atoms with Crippen molar-refractivity contribution in [2.45, 2.75) is 6.92 Å². The van der Waals surface area contributed by atoms with Crippen molar-refractivity contribution >= 4 is 17.8 Å². The number of rotatable bonds is 5. The fourth-order valence-corrected chi connectivity index (χ4v) is 1.22. The topological polar surface area (TPSA) is 81.6 Å². The van der Waals surface area contributed by atoms with Gasteiger partial charge in [-0.2, -0.15) is 0 Å². The lowest BCUT2D eigenvalue weighted by molar-refractivity contribution is -0.141. The van der Waals surface area contributed by atoms with Crippen molar-refractivity contribution in [3.8, 4) is 0 Å². The Hall–Kier alpha value is -2.18. The highest BCUT2D eigenvalue weighted by molar-refractivity contribution is 5.87. The Balaban J connectivity index is 2.76. The Bertz CT molecular complexity index is 436. The number of nitrogens with zero attached hydrogens (tertiary/aromatic N) is 3.